The van der Waals surface area contributed by atoms with Crippen LogP contribution in [0.15, 0.2) is 24.3 Å². The second kappa shape index (κ2) is 8.47. The lowest BCUT2D eigenvalue weighted by molar-refractivity contribution is 0.109. The first-order chi connectivity index (χ1) is 8.63. The lowest BCUT2D eigenvalue weighted by atomic mass is 9.94. The van der Waals surface area contributed by atoms with Crippen LogP contribution >= 0.6 is 15.9 Å². The van der Waals surface area contributed by atoms with Gasteiger partial charge in [-0.15, -0.1) is 0 Å². The van der Waals surface area contributed by atoms with E-state index in [1.54, 1.807) is 0 Å². The van der Waals surface area contributed by atoms with Crippen molar-refractivity contribution in [3.63, 3.8) is 0 Å². The van der Waals surface area contributed by atoms with Crippen LogP contribution in [0.25, 0.3) is 0 Å². The average molecular weight is 311 g/mol. The normalized spacial score (nSPS) is 12.4. The maximum Gasteiger partial charge on any atom is 0.228 e. The molecular formula is C16H23BrO. The summed E-state index contributed by atoms with van der Waals surface area (Å²) in [5.74, 6) is 0.697. The highest BCUT2D eigenvalue weighted by molar-refractivity contribution is 9.18. The molecule has 18 heavy (non-hydrogen) atoms. The Hall–Kier alpha value is -0.630. The Morgan fingerprint density at radius 2 is 2.06 bits per heavy atom. The minimum absolute atomic E-state index is 0.0278. The molecule has 2 heteroatoms. The van der Waals surface area contributed by atoms with Crippen LogP contribution in [-0.4, -0.2) is 4.69 Å². The number of unbranched alkanes of at least 4 members (excludes halogenated alkanes) is 3. The van der Waals surface area contributed by atoms with Crippen LogP contribution in [0.2, 0.25) is 0 Å². The van der Waals surface area contributed by atoms with E-state index in [1.165, 1.54) is 37.7 Å². The van der Waals surface area contributed by atoms with E-state index in [4.69, 9.17) is 0 Å². The molecule has 1 nitrogen and oxygen atoms in total. The summed E-state index contributed by atoms with van der Waals surface area (Å²) in [5, 5.41) is 0. The fourth-order valence-corrected chi connectivity index (χ4v) is 2.49. The molecule has 0 bridgehead atoms. The van der Waals surface area contributed by atoms with Gasteiger partial charge in [0.15, 0.2) is 0 Å². The molecular weight excluding hydrogens is 288 g/mol. The Labute approximate surface area is 119 Å². The maximum absolute atomic E-state index is 11.2. The molecule has 0 radical (unpaired) electrons. The number of halogens is 1. The second-order valence-electron chi connectivity index (χ2n) is 5.13. The summed E-state index contributed by atoms with van der Waals surface area (Å²) in [6.45, 7) is 4.54. The summed E-state index contributed by atoms with van der Waals surface area (Å²) in [5.41, 5.74) is 2.02. The predicted molar refractivity (Wildman–Crippen MR) is 81.3 cm³/mol. The smallest absolute Gasteiger partial charge is 0.228 e. The molecule has 0 aliphatic carbocycles. The van der Waals surface area contributed by atoms with Gasteiger partial charge in [0.05, 0.1) is 0 Å². The van der Waals surface area contributed by atoms with Crippen molar-refractivity contribution in [3.8, 4) is 0 Å². The molecule has 100 valence electrons. The molecule has 0 fully saturated rings. The molecule has 0 aromatic heterocycles. The molecule has 0 aliphatic heterocycles. The van der Waals surface area contributed by atoms with Gasteiger partial charge in [0.25, 0.3) is 0 Å². The zero-order valence-corrected chi connectivity index (χ0v) is 13.0. The first-order valence-electron chi connectivity index (χ1n) is 6.92. The molecule has 1 atom stereocenters. The number of hydrogen-bond acceptors (Lipinski definition) is 1. The third-order valence-electron chi connectivity index (χ3n) is 3.29. The van der Waals surface area contributed by atoms with Crippen LogP contribution < -0.4 is 0 Å². The lowest BCUT2D eigenvalue weighted by Gasteiger charge is -2.11. The SMILES string of the molecule is CCCCCCC(C)Cc1cccc(C(=O)Br)c1. The number of hydrogen-bond donors (Lipinski definition) is 0. The third kappa shape index (κ3) is 5.81. The Balaban J connectivity index is 2.41. The van der Waals surface area contributed by atoms with Gasteiger partial charge in [-0.3, -0.25) is 4.79 Å². The topological polar surface area (TPSA) is 17.1 Å². The summed E-state index contributed by atoms with van der Waals surface area (Å²) in [4.78, 5) is 11.2. The van der Waals surface area contributed by atoms with Gasteiger partial charge in [0, 0.05) is 5.56 Å². The summed E-state index contributed by atoms with van der Waals surface area (Å²) in [7, 11) is 0. The van der Waals surface area contributed by atoms with Crippen LogP contribution in [0.3, 0.4) is 0 Å². The molecule has 0 saturated heterocycles. The molecule has 0 aliphatic rings. The molecule has 0 saturated carbocycles. The third-order valence-corrected chi connectivity index (χ3v) is 3.75. The van der Waals surface area contributed by atoms with Gasteiger partial charge < -0.3 is 0 Å². The van der Waals surface area contributed by atoms with E-state index in [-0.39, 0.29) is 4.69 Å². The first-order valence-corrected chi connectivity index (χ1v) is 7.71. The molecule has 0 spiro atoms. The van der Waals surface area contributed by atoms with Crippen molar-refractivity contribution < 1.29 is 4.79 Å². The van der Waals surface area contributed by atoms with E-state index in [9.17, 15) is 4.79 Å². The van der Waals surface area contributed by atoms with E-state index in [2.05, 4.69) is 35.8 Å². The zero-order chi connectivity index (χ0) is 13.4. The highest BCUT2D eigenvalue weighted by Gasteiger charge is 2.06. The minimum Gasteiger partial charge on any atom is -0.281 e. The average Bonchev–Trinajstić information content (AvgIpc) is 2.35. The maximum atomic E-state index is 11.2. The number of benzene rings is 1. The summed E-state index contributed by atoms with van der Waals surface area (Å²) in [6, 6.07) is 7.93. The monoisotopic (exact) mass is 310 g/mol. The van der Waals surface area contributed by atoms with Gasteiger partial charge in [0.1, 0.15) is 0 Å². The number of carbonyl (C=O) groups excluding carboxylic acids is 1. The van der Waals surface area contributed by atoms with Gasteiger partial charge in [-0.05, 0) is 39.9 Å². The van der Waals surface area contributed by atoms with Crippen molar-refractivity contribution in [2.24, 2.45) is 5.92 Å². The molecule has 1 aromatic carbocycles. The lowest BCUT2D eigenvalue weighted by Crippen LogP contribution is -2.01. The summed E-state index contributed by atoms with van der Waals surface area (Å²) >= 11 is 3.00. The number of rotatable bonds is 8. The van der Waals surface area contributed by atoms with Crippen molar-refractivity contribution >= 4 is 20.6 Å². The van der Waals surface area contributed by atoms with E-state index < -0.39 is 0 Å². The van der Waals surface area contributed by atoms with Crippen molar-refractivity contribution in [2.75, 3.05) is 0 Å². The highest BCUT2D eigenvalue weighted by Crippen LogP contribution is 2.17. The van der Waals surface area contributed by atoms with Crippen molar-refractivity contribution in [1.82, 2.24) is 0 Å². The van der Waals surface area contributed by atoms with E-state index in [0.717, 1.165) is 12.0 Å². The Morgan fingerprint density at radius 3 is 2.72 bits per heavy atom. The quantitative estimate of drug-likeness (QED) is 0.466. The molecule has 0 heterocycles. The predicted octanol–water partition coefficient (Wildman–Crippen LogP) is 5.37. The fraction of sp³-hybridized carbons (Fsp3) is 0.562. The summed E-state index contributed by atoms with van der Waals surface area (Å²) in [6.07, 6.45) is 7.67. The Morgan fingerprint density at radius 1 is 1.28 bits per heavy atom. The molecule has 0 N–H and O–H groups in total. The second-order valence-corrected chi connectivity index (χ2v) is 5.85. The zero-order valence-electron chi connectivity index (χ0n) is 11.4. The molecule has 1 rings (SSSR count). The van der Waals surface area contributed by atoms with Crippen LogP contribution in [0.1, 0.15) is 61.9 Å². The summed E-state index contributed by atoms with van der Waals surface area (Å²) < 4.78 is -0.0278. The van der Waals surface area contributed by atoms with E-state index in [1.807, 2.05) is 18.2 Å². The van der Waals surface area contributed by atoms with Crippen molar-refractivity contribution in [3.05, 3.63) is 35.4 Å². The number of carbonyl (C=O) groups is 1. The standard InChI is InChI=1S/C16H23BrO/c1-3-4-5-6-8-13(2)11-14-9-7-10-15(12-14)16(17)18/h7,9-10,12-13H,3-6,8,11H2,1-2H3. The largest absolute Gasteiger partial charge is 0.281 e. The van der Waals surface area contributed by atoms with Gasteiger partial charge in [0.2, 0.25) is 4.69 Å². The van der Waals surface area contributed by atoms with Gasteiger partial charge in [-0.1, -0.05) is 64.2 Å². The van der Waals surface area contributed by atoms with Crippen molar-refractivity contribution in [1.29, 1.82) is 0 Å². The van der Waals surface area contributed by atoms with Crippen molar-refractivity contribution in [2.45, 2.75) is 52.4 Å². The van der Waals surface area contributed by atoms with E-state index >= 15 is 0 Å². The van der Waals surface area contributed by atoms with Gasteiger partial charge in [-0.25, -0.2) is 0 Å². The van der Waals surface area contributed by atoms with Gasteiger partial charge >= 0.3 is 0 Å². The minimum atomic E-state index is -0.0278. The molecule has 1 aromatic rings. The van der Waals surface area contributed by atoms with Crippen LogP contribution in [0.5, 0.6) is 0 Å². The molecule has 0 amide bonds. The van der Waals surface area contributed by atoms with Crippen LogP contribution in [0, 0.1) is 5.92 Å². The van der Waals surface area contributed by atoms with E-state index in [0.29, 0.717) is 5.92 Å². The Kier molecular flexibility index (Phi) is 7.26. The van der Waals surface area contributed by atoms with Gasteiger partial charge in [-0.2, -0.15) is 0 Å². The fourth-order valence-electron chi connectivity index (χ4n) is 2.24. The van der Waals surface area contributed by atoms with Crippen LogP contribution in [0.4, 0.5) is 0 Å². The highest BCUT2D eigenvalue weighted by atomic mass is 79.9. The molecule has 1 unspecified atom stereocenters. The van der Waals surface area contributed by atoms with Crippen LogP contribution in [-0.2, 0) is 6.42 Å². The first kappa shape index (κ1) is 15.4. The Bertz CT molecular complexity index is 373.